The van der Waals surface area contributed by atoms with E-state index in [0.717, 1.165) is 0 Å². The Morgan fingerprint density at radius 3 is 1.54 bits per heavy atom. The Morgan fingerprint density at radius 1 is 1.08 bits per heavy atom. The van der Waals surface area contributed by atoms with Crippen LogP contribution < -0.4 is 0 Å². The van der Waals surface area contributed by atoms with Gasteiger partial charge in [-0.3, -0.25) is 0 Å². The molecule has 3 nitrogen and oxygen atoms in total. The maximum absolute atomic E-state index is 9.89. The Morgan fingerprint density at radius 2 is 1.46 bits per heavy atom. The van der Waals surface area contributed by atoms with Gasteiger partial charge in [0.25, 0.3) is 0 Å². The number of oxime groups is 1. The van der Waals surface area contributed by atoms with Crippen molar-refractivity contribution in [1.29, 1.82) is 0 Å². The molecule has 0 aromatic rings. The second-order valence-electron chi connectivity index (χ2n) is 5.50. The summed E-state index contributed by atoms with van der Waals surface area (Å²) in [5, 5.41) is 21.9. The first-order chi connectivity index (χ1) is 5.60. The Bertz CT molecular complexity index is 196. The SMILES string of the molecule is CC(C)(C)C(=NO)C(O)C(C)(C)C. The van der Waals surface area contributed by atoms with Crippen molar-refractivity contribution >= 4 is 5.71 Å². The van der Waals surface area contributed by atoms with Gasteiger partial charge in [0.05, 0.1) is 5.71 Å². The summed E-state index contributed by atoms with van der Waals surface area (Å²) in [4.78, 5) is 0. The summed E-state index contributed by atoms with van der Waals surface area (Å²) < 4.78 is 0. The van der Waals surface area contributed by atoms with Crippen molar-refractivity contribution in [2.24, 2.45) is 16.0 Å². The summed E-state index contributed by atoms with van der Waals surface area (Å²) in [6, 6.07) is 0. The summed E-state index contributed by atoms with van der Waals surface area (Å²) in [5.74, 6) is 0. The van der Waals surface area contributed by atoms with E-state index in [9.17, 15) is 5.11 Å². The van der Waals surface area contributed by atoms with Gasteiger partial charge in [-0.1, -0.05) is 46.7 Å². The highest BCUT2D eigenvalue weighted by Gasteiger charge is 2.34. The molecule has 3 heteroatoms. The smallest absolute Gasteiger partial charge is 0.101 e. The predicted octanol–water partition coefficient (Wildman–Crippen LogP) is 2.27. The van der Waals surface area contributed by atoms with E-state index >= 15 is 0 Å². The monoisotopic (exact) mass is 187 g/mol. The molecule has 0 bridgehead atoms. The predicted molar refractivity (Wildman–Crippen MR) is 54.1 cm³/mol. The van der Waals surface area contributed by atoms with Gasteiger partial charge in [-0.15, -0.1) is 0 Å². The summed E-state index contributed by atoms with van der Waals surface area (Å²) in [5.41, 5.74) is -0.170. The molecule has 13 heavy (non-hydrogen) atoms. The molecule has 0 aromatic carbocycles. The Kier molecular flexibility index (Phi) is 3.50. The molecule has 2 N–H and O–H groups in total. The number of aliphatic hydroxyl groups excluding tert-OH is 1. The number of hydrogen-bond donors (Lipinski definition) is 2. The van der Waals surface area contributed by atoms with Gasteiger partial charge in [-0.2, -0.15) is 0 Å². The molecule has 0 spiro atoms. The van der Waals surface area contributed by atoms with Crippen LogP contribution >= 0.6 is 0 Å². The quantitative estimate of drug-likeness (QED) is 0.376. The summed E-state index contributed by atoms with van der Waals surface area (Å²) in [6.07, 6.45) is -0.711. The van der Waals surface area contributed by atoms with E-state index in [4.69, 9.17) is 5.21 Å². The average molecular weight is 187 g/mol. The van der Waals surface area contributed by atoms with E-state index in [2.05, 4.69) is 5.16 Å². The summed E-state index contributed by atoms with van der Waals surface area (Å²) in [7, 11) is 0. The molecule has 0 saturated heterocycles. The lowest BCUT2D eigenvalue weighted by atomic mass is 9.77. The first-order valence-electron chi connectivity index (χ1n) is 4.51. The van der Waals surface area contributed by atoms with E-state index in [1.54, 1.807) is 0 Å². The van der Waals surface area contributed by atoms with Gasteiger partial charge in [-0.25, -0.2) is 0 Å². The van der Waals surface area contributed by atoms with Crippen LogP contribution in [-0.2, 0) is 0 Å². The largest absolute Gasteiger partial charge is 0.411 e. The molecule has 0 heterocycles. The van der Waals surface area contributed by atoms with Gasteiger partial charge in [-0.05, 0) is 5.41 Å². The summed E-state index contributed by atoms with van der Waals surface area (Å²) in [6.45, 7) is 11.5. The lowest BCUT2D eigenvalue weighted by molar-refractivity contribution is 0.109. The molecule has 0 aliphatic rings. The fourth-order valence-electron chi connectivity index (χ4n) is 1.02. The highest BCUT2D eigenvalue weighted by atomic mass is 16.4. The topological polar surface area (TPSA) is 52.8 Å². The zero-order valence-electron chi connectivity index (χ0n) is 9.42. The Hall–Kier alpha value is -0.570. The van der Waals surface area contributed by atoms with Crippen LogP contribution in [-0.4, -0.2) is 22.1 Å². The lowest BCUT2D eigenvalue weighted by Gasteiger charge is -2.32. The normalized spacial score (nSPS) is 17.3. The maximum Gasteiger partial charge on any atom is 0.101 e. The second-order valence-corrected chi connectivity index (χ2v) is 5.50. The van der Waals surface area contributed by atoms with E-state index in [1.165, 1.54) is 0 Å². The van der Waals surface area contributed by atoms with Crippen LogP contribution in [0, 0.1) is 10.8 Å². The van der Waals surface area contributed by atoms with Gasteiger partial charge in [0.2, 0.25) is 0 Å². The number of hydrogen-bond acceptors (Lipinski definition) is 3. The fraction of sp³-hybridized carbons (Fsp3) is 0.900. The van der Waals surface area contributed by atoms with Crippen LogP contribution in [0.5, 0.6) is 0 Å². The molecule has 0 saturated carbocycles. The zero-order valence-corrected chi connectivity index (χ0v) is 9.42. The highest BCUT2D eigenvalue weighted by Crippen LogP contribution is 2.28. The van der Waals surface area contributed by atoms with Gasteiger partial charge in [0.1, 0.15) is 6.10 Å². The van der Waals surface area contributed by atoms with Crippen molar-refractivity contribution in [3.05, 3.63) is 0 Å². The molecule has 1 unspecified atom stereocenters. The first kappa shape index (κ1) is 12.4. The molecular formula is C10H21NO2. The Balaban J connectivity index is 4.84. The van der Waals surface area contributed by atoms with E-state index in [1.807, 2.05) is 41.5 Å². The minimum atomic E-state index is -0.711. The zero-order chi connectivity index (χ0) is 10.9. The molecule has 0 radical (unpaired) electrons. The van der Waals surface area contributed by atoms with Crippen molar-refractivity contribution in [3.8, 4) is 0 Å². The minimum absolute atomic E-state index is 0.297. The van der Waals surface area contributed by atoms with Gasteiger partial charge < -0.3 is 10.3 Å². The van der Waals surface area contributed by atoms with Gasteiger partial charge >= 0.3 is 0 Å². The van der Waals surface area contributed by atoms with E-state index < -0.39 is 6.10 Å². The molecule has 78 valence electrons. The maximum atomic E-state index is 9.89. The van der Waals surface area contributed by atoms with Crippen molar-refractivity contribution in [3.63, 3.8) is 0 Å². The minimum Gasteiger partial charge on any atom is -0.411 e. The van der Waals surface area contributed by atoms with Gasteiger partial charge in [0.15, 0.2) is 0 Å². The van der Waals surface area contributed by atoms with Crippen LogP contribution in [0.4, 0.5) is 0 Å². The van der Waals surface area contributed by atoms with Crippen LogP contribution in [0.3, 0.4) is 0 Å². The van der Waals surface area contributed by atoms with Crippen molar-refractivity contribution in [1.82, 2.24) is 0 Å². The third kappa shape index (κ3) is 3.35. The molecule has 0 aromatic heterocycles. The molecule has 0 rings (SSSR count). The second kappa shape index (κ2) is 3.66. The third-order valence-corrected chi connectivity index (χ3v) is 1.96. The van der Waals surface area contributed by atoms with E-state index in [-0.39, 0.29) is 10.8 Å². The molecule has 0 aliphatic heterocycles. The molecule has 1 atom stereocenters. The molecule has 0 fully saturated rings. The first-order valence-corrected chi connectivity index (χ1v) is 4.51. The number of nitrogens with zero attached hydrogens (tertiary/aromatic N) is 1. The van der Waals surface area contributed by atoms with Gasteiger partial charge in [0, 0.05) is 5.41 Å². The van der Waals surface area contributed by atoms with E-state index in [0.29, 0.717) is 5.71 Å². The number of aliphatic hydroxyl groups is 1. The molecular weight excluding hydrogens is 166 g/mol. The average Bonchev–Trinajstić information content (AvgIpc) is 1.83. The van der Waals surface area contributed by atoms with Crippen molar-refractivity contribution in [2.45, 2.75) is 47.6 Å². The highest BCUT2D eigenvalue weighted by molar-refractivity contribution is 5.93. The number of rotatable bonds is 1. The molecule has 0 amide bonds. The van der Waals surface area contributed by atoms with Crippen LogP contribution in [0.1, 0.15) is 41.5 Å². The lowest BCUT2D eigenvalue weighted by Crippen LogP contribution is -2.41. The standard InChI is InChI=1S/C10H21NO2/c1-9(2,3)7(11-13)8(12)10(4,5)6/h8,12-13H,1-6H3. The van der Waals surface area contributed by atoms with Crippen LogP contribution in [0.2, 0.25) is 0 Å². The third-order valence-electron chi connectivity index (χ3n) is 1.96. The van der Waals surface area contributed by atoms with Crippen molar-refractivity contribution in [2.75, 3.05) is 0 Å². The fourth-order valence-corrected chi connectivity index (χ4v) is 1.02. The van der Waals surface area contributed by atoms with Crippen LogP contribution in [0.25, 0.3) is 0 Å². The summed E-state index contributed by atoms with van der Waals surface area (Å²) >= 11 is 0. The van der Waals surface area contributed by atoms with Crippen molar-refractivity contribution < 1.29 is 10.3 Å². The van der Waals surface area contributed by atoms with Crippen LogP contribution in [0.15, 0.2) is 5.16 Å². The Labute approximate surface area is 80.5 Å². The molecule has 0 aliphatic carbocycles.